The number of nitro groups is 1. The highest BCUT2D eigenvalue weighted by Gasteiger charge is 2.04. The maximum absolute atomic E-state index is 10.2. The number of carboxylic acid groups (broad SMARTS) is 1. The normalized spacial score (nSPS) is 9.25. The summed E-state index contributed by atoms with van der Waals surface area (Å²) in [6, 6.07) is 4.70. The molecule has 0 heterocycles. The van der Waals surface area contributed by atoms with Crippen molar-refractivity contribution in [2.75, 3.05) is 21.1 Å². The van der Waals surface area contributed by atoms with Crippen LogP contribution in [0.25, 0.3) is 0 Å². The highest BCUT2D eigenvalue weighted by Crippen LogP contribution is 2.11. The highest BCUT2D eigenvalue weighted by molar-refractivity contribution is 5.86. The lowest BCUT2D eigenvalue weighted by atomic mass is 10.2. The van der Waals surface area contributed by atoms with Crippen LogP contribution in [0.2, 0.25) is 0 Å². The van der Waals surface area contributed by atoms with E-state index < -0.39 is 10.9 Å². The van der Waals surface area contributed by atoms with Crippen LogP contribution in [0, 0.1) is 10.1 Å². The fourth-order valence-electron chi connectivity index (χ4n) is 0.746. The lowest BCUT2D eigenvalue weighted by Crippen LogP contribution is -3.02. The van der Waals surface area contributed by atoms with Gasteiger partial charge in [-0.05, 0) is 0 Å². The Kier molecular flexibility index (Phi) is 5.72. The summed E-state index contributed by atoms with van der Waals surface area (Å²) in [6.45, 7) is 0. The number of hydrogen-bond donors (Lipinski definition) is 1. The molecule has 0 aromatic heterocycles. The first-order valence-corrected chi connectivity index (χ1v) is 4.57. The Morgan fingerprint density at radius 3 is 2.19 bits per heavy atom. The second kappa shape index (κ2) is 6.52. The standard InChI is InChI=1S/C7H5NO4.C3H9N/c9-7(10)5-2-1-3-6(4-5)8(11)12;1-4(2)3/h1-4H,(H,9,10);1-3H3. The van der Waals surface area contributed by atoms with Crippen LogP contribution in [0.4, 0.5) is 5.69 Å². The number of nitrogens with zero attached hydrogens (tertiary/aromatic N) is 1. The highest BCUT2D eigenvalue weighted by atomic mass is 16.6. The molecule has 0 aliphatic heterocycles. The lowest BCUT2D eigenvalue weighted by Gasteiger charge is -1.99. The van der Waals surface area contributed by atoms with E-state index in [0.29, 0.717) is 0 Å². The Morgan fingerprint density at radius 1 is 1.31 bits per heavy atom. The molecule has 16 heavy (non-hydrogen) atoms. The predicted octanol–water partition coefficient (Wildman–Crippen LogP) is -1.28. The van der Waals surface area contributed by atoms with E-state index in [2.05, 4.69) is 21.1 Å². The summed E-state index contributed by atoms with van der Waals surface area (Å²) >= 11 is 0. The van der Waals surface area contributed by atoms with E-state index in [4.69, 9.17) is 0 Å². The van der Waals surface area contributed by atoms with Crippen LogP contribution in [-0.4, -0.2) is 32.0 Å². The monoisotopic (exact) mass is 226 g/mol. The number of carboxylic acids is 1. The summed E-state index contributed by atoms with van der Waals surface area (Å²) in [5, 5.41) is 20.4. The molecule has 6 nitrogen and oxygen atoms in total. The molecule has 0 saturated heterocycles. The SMILES string of the molecule is C[NH+](C)C.O=C([O-])c1cccc([N+](=O)[O-])c1. The molecular weight excluding hydrogens is 212 g/mol. The first kappa shape index (κ1) is 14.1. The zero-order valence-corrected chi connectivity index (χ0v) is 9.39. The number of hydrogen-bond acceptors (Lipinski definition) is 4. The summed E-state index contributed by atoms with van der Waals surface area (Å²) in [5.74, 6) is -1.42. The number of nitrogens with one attached hydrogen (secondary N) is 1. The van der Waals surface area contributed by atoms with E-state index in [1.54, 1.807) is 0 Å². The number of benzene rings is 1. The summed E-state index contributed by atoms with van der Waals surface area (Å²) in [4.78, 5) is 21.2. The Bertz CT molecular complexity index is 345. The molecule has 0 amide bonds. The van der Waals surface area contributed by atoms with Crippen LogP contribution in [-0.2, 0) is 0 Å². The van der Waals surface area contributed by atoms with Crippen molar-refractivity contribution in [3.63, 3.8) is 0 Å². The second-order valence-electron chi connectivity index (χ2n) is 3.59. The summed E-state index contributed by atoms with van der Waals surface area (Å²) in [5.41, 5.74) is -0.444. The molecule has 0 bridgehead atoms. The third-order valence-corrected chi connectivity index (χ3v) is 1.29. The quantitative estimate of drug-likeness (QED) is 0.502. The average Bonchev–Trinajstić information content (AvgIpc) is 2.17. The number of nitro benzene ring substituents is 1. The predicted molar refractivity (Wildman–Crippen MR) is 56.2 cm³/mol. The Balaban J connectivity index is 0.000000487. The minimum Gasteiger partial charge on any atom is -0.545 e. The first-order chi connectivity index (χ1) is 7.34. The van der Waals surface area contributed by atoms with Crippen molar-refractivity contribution in [1.82, 2.24) is 0 Å². The molecule has 88 valence electrons. The third-order valence-electron chi connectivity index (χ3n) is 1.29. The molecule has 1 rings (SSSR count). The minimum absolute atomic E-state index is 0.191. The number of non-ortho nitro benzene ring substituents is 1. The van der Waals surface area contributed by atoms with Gasteiger partial charge >= 0.3 is 0 Å². The van der Waals surface area contributed by atoms with Gasteiger partial charge < -0.3 is 14.8 Å². The van der Waals surface area contributed by atoms with Crippen molar-refractivity contribution in [1.29, 1.82) is 0 Å². The third kappa shape index (κ3) is 5.71. The van der Waals surface area contributed by atoms with Crippen molar-refractivity contribution in [2.24, 2.45) is 0 Å². The zero-order chi connectivity index (χ0) is 12.7. The molecule has 1 N–H and O–H groups in total. The van der Waals surface area contributed by atoms with E-state index >= 15 is 0 Å². The molecule has 0 atom stereocenters. The van der Waals surface area contributed by atoms with Crippen molar-refractivity contribution < 1.29 is 19.7 Å². The van der Waals surface area contributed by atoms with Crippen LogP contribution >= 0.6 is 0 Å². The molecule has 1 aromatic rings. The van der Waals surface area contributed by atoms with Crippen LogP contribution in [0.15, 0.2) is 24.3 Å². The number of carbonyl (C=O) groups is 1. The van der Waals surface area contributed by atoms with Crippen LogP contribution in [0.3, 0.4) is 0 Å². The molecule has 0 saturated carbocycles. The van der Waals surface area contributed by atoms with Gasteiger partial charge in [0.1, 0.15) is 0 Å². The summed E-state index contributed by atoms with van der Waals surface area (Å²) < 4.78 is 0. The van der Waals surface area contributed by atoms with Gasteiger partial charge in [0.25, 0.3) is 5.69 Å². The number of carbonyl (C=O) groups excluding carboxylic acids is 1. The van der Waals surface area contributed by atoms with E-state index in [0.717, 1.165) is 6.07 Å². The van der Waals surface area contributed by atoms with Gasteiger partial charge in [-0.2, -0.15) is 0 Å². The fraction of sp³-hybridized carbons (Fsp3) is 0.300. The van der Waals surface area contributed by atoms with Crippen LogP contribution in [0.5, 0.6) is 0 Å². The van der Waals surface area contributed by atoms with Gasteiger partial charge in [-0.25, -0.2) is 0 Å². The molecule has 0 aliphatic carbocycles. The fourth-order valence-corrected chi connectivity index (χ4v) is 0.746. The van der Waals surface area contributed by atoms with Crippen LogP contribution in [0.1, 0.15) is 10.4 Å². The Hall–Kier alpha value is -1.95. The molecule has 0 unspecified atom stereocenters. The van der Waals surface area contributed by atoms with Gasteiger partial charge in [0.05, 0.1) is 32.0 Å². The van der Waals surface area contributed by atoms with E-state index in [1.165, 1.54) is 23.1 Å². The molecule has 0 fully saturated rings. The van der Waals surface area contributed by atoms with Gasteiger partial charge in [0.15, 0.2) is 0 Å². The Morgan fingerprint density at radius 2 is 1.81 bits per heavy atom. The largest absolute Gasteiger partial charge is 0.545 e. The Labute approximate surface area is 93.3 Å². The van der Waals surface area contributed by atoms with Crippen LogP contribution < -0.4 is 10.0 Å². The van der Waals surface area contributed by atoms with Gasteiger partial charge in [-0.15, -0.1) is 0 Å². The van der Waals surface area contributed by atoms with E-state index in [-0.39, 0.29) is 11.3 Å². The maximum Gasteiger partial charge on any atom is 0.270 e. The van der Waals surface area contributed by atoms with Gasteiger partial charge in [0.2, 0.25) is 0 Å². The zero-order valence-electron chi connectivity index (χ0n) is 9.39. The van der Waals surface area contributed by atoms with Gasteiger partial charge in [-0.1, -0.05) is 12.1 Å². The number of quaternary nitrogens is 1. The molecular formula is C10H14N2O4. The molecule has 0 aliphatic rings. The number of rotatable bonds is 2. The smallest absolute Gasteiger partial charge is 0.270 e. The van der Waals surface area contributed by atoms with Crippen molar-refractivity contribution in [2.45, 2.75) is 0 Å². The van der Waals surface area contributed by atoms with Gasteiger partial charge in [-0.3, -0.25) is 10.1 Å². The van der Waals surface area contributed by atoms with Gasteiger partial charge in [0, 0.05) is 17.7 Å². The van der Waals surface area contributed by atoms with E-state index in [1.807, 2.05) is 0 Å². The maximum atomic E-state index is 10.2. The number of aromatic carboxylic acids is 1. The summed E-state index contributed by atoms with van der Waals surface area (Å²) in [6.07, 6.45) is 0. The first-order valence-electron chi connectivity index (χ1n) is 4.57. The molecule has 0 radical (unpaired) electrons. The summed E-state index contributed by atoms with van der Waals surface area (Å²) in [7, 11) is 6.25. The average molecular weight is 226 g/mol. The molecule has 1 aromatic carbocycles. The minimum atomic E-state index is -1.42. The lowest BCUT2D eigenvalue weighted by molar-refractivity contribution is -0.836. The molecule has 6 heteroatoms. The second-order valence-corrected chi connectivity index (χ2v) is 3.59. The van der Waals surface area contributed by atoms with Crippen molar-refractivity contribution >= 4 is 11.7 Å². The van der Waals surface area contributed by atoms with Crippen molar-refractivity contribution in [3.8, 4) is 0 Å². The topological polar surface area (TPSA) is 87.7 Å². The van der Waals surface area contributed by atoms with E-state index in [9.17, 15) is 20.0 Å². The molecule has 0 spiro atoms. The van der Waals surface area contributed by atoms with Crippen molar-refractivity contribution in [3.05, 3.63) is 39.9 Å².